The van der Waals surface area contributed by atoms with Crippen molar-refractivity contribution in [3.05, 3.63) is 11.6 Å². The van der Waals surface area contributed by atoms with E-state index in [1.807, 2.05) is 0 Å². The second-order valence-electron chi connectivity index (χ2n) is 5.08. The van der Waals surface area contributed by atoms with E-state index in [1.54, 1.807) is 14.0 Å². The van der Waals surface area contributed by atoms with Gasteiger partial charge in [0.1, 0.15) is 0 Å². The van der Waals surface area contributed by atoms with Crippen molar-refractivity contribution in [1.82, 2.24) is 15.4 Å². The maximum atomic E-state index is 11.3. The maximum Gasteiger partial charge on any atom is 0.211 e. The van der Waals surface area contributed by atoms with Crippen molar-refractivity contribution < 1.29 is 8.42 Å². The largest absolute Gasteiger partial charge is 0.356 e. The standard InChI is InChI=1S/C14H28N4O2S.HI/c1-3-21(19,20)18-12-11-17-14(15-2)16-10-9-13-7-5-4-6-8-13;/h7,18H,3-6,8-12H2,1-2H3,(H2,15,16,17);1H. The number of rotatable bonds is 8. The first-order valence-electron chi connectivity index (χ1n) is 7.67. The van der Waals surface area contributed by atoms with Gasteiger partial charge in [0.15, 0.2) is 5.96 Å². The van der Waals surface area contributed by atoms with E-state index >= 15 is 0 Å². The SMILES string of the molecule is CCS(=O)(=O)NCCNC(=NC)NCCC1=CCCCC1.I. The molecule has 0 saturated heterocycles. The molecule has 0 heterocycles. The van der Waals surface area contributed by atoms with Crippen LogP contribution in [0.25, 0.3) is 0 Å². The third-order valence-corrected chi connectivity index (χ3v) is 4.87. The number of nitrogens with zero attached hydrogens (tertiary/aromatic N) is 1. The molecule has 1 rings (SSSR count). The van der Waals surface area contributed by atoms with Crippen molar-refractivity contribution in [1.29, 1.82) is 0 Å². The van der Waals surface area contributed by atoms with Crippen molar-refractivity contribution in [3.63, 3.8) is 0 Å². The lowest BCUT2D eigenvalue weighted by Crippen LogP contribution is -2.42. The summed E-state index contributed by atoms with van der Waals surface area (Å²) in [6.07, 6.45) is 8.43. The normalized spacial score (nSPS) is 15.7. The molecule has 0 aromatic heterocycles. The van der Waals surface area contributed by atoms with Gasteiger partial charge in [-0.2, -0.15) is 0 Å². The average Bonchev–Trinajstić information content (AvgIpc) is 2.50. The molecule has 6 nitrogen and oxygen atoms in total. The molecule has 130 valence electrons. The molecule has 0 amide bonds. The molecule has 0 saturated carbocycles. The fourth-order valence-corrected chi connectivity index (χ4v) is 2.80. The Balaban J connectivity index is 0.00000441. The number of aliphatic imine (C=N–C) groups is 1. The molecule has 0 fully saturated rings. The van der Waals surface area contributed by atoms with Gasteiger partial charge in [0.25, 0.3) is 0 Å². The minimum Gasteiger partial charge on any atom is -0.356 e. The number of halogens is 1. The van der Waals surface area contributed by atoms with E-state index in [0.29, 0.717) is 19.0 Å². The predicted molar refractivity (Wildman–Crippen MR) is 103 cm³/mol. The van der Waals surface area contributed by atoms with Crippen LogP contribution in [0.3, 0.4) is 0 Å². The minimum atomic E-state index is -3.11. The van der Waals surface area contributed by atoms with Crippen LogP contribution in [-0.4, -0.2) is 46.8 Å². The molecule has 0 bridgehead atoms. The summed E-state index contributed by atoms with van der Waals surface area (Å²) in [6, 6.07) is 0. The van der Waals surface area contributed by atoms with Gasteiger partial charge >= 0.3 is 0 Å². The summed E-state index contributed by atoms with van der Waals surface area (Å²) in [4.78, 5) is 4.12. The van der Waals surface area contributed by atoms with Gasteiger partial charge in [0.05, 0.1) is 5.75 Å². The van der Waals surface area contributed by atoms with E-state index < -0.39 is 10.0 Å². The molecule has 1 aliphatic carbocycles. The monoisotopic (exact) mass is 444 g/mol. The van der Waals surface area contributed by atoms with Crippen molar-refractivity contribution in [3.8, 4) is 0 Å². The molecule has 22 heavy (non-hydrogen) atoms. The molecule has 0 unspecified atom stereocenters. The van der Waals surface area contributed by atoms with E-state index in [-0.39, 0.29) is 29.7 Å². The van der Waals surface area contributed by atoms with Gasteiger partial charge in [0.2, 0.25) is 10.0 Å². The zero-order chi connectivity index (χ0) is 15.6. The second-order valence-corrected chi connectivity index (χ2v) is 7.18. The van der Waals surface area contributed by atoms with Crippen LogP contribution in [0.2, 0.25) is 0 Å². The highest BCUT2D eigenvalue weighted by atomic mass is 127. The van der Waals surface area contributed by atoms with Gasteiger partial charge in [0, 0.05) is 26.7 Å². The Morgan fingerprint density at radius 1 is 1.23 bits per heavy atom. The summed E-state index contributed by atoms with van der Waals surface area (Å²) < 4.78 is 25.1. The Morgan fingerprint density at radius 3 is 2.55 bits per heavy atom. The average molecular weight is 444 g/mol. The van der Waals surface area contributed by atoms with Crippen LogP contribution in [0.4, 0.5) is 0 Å². The van der Waals surface area contributed by atoms with Crippen molar-refractivity contribution in [2.45, 2.75) is 39.0 Å². The first kappa shape index (κ1) is 21.6. The second kappa shape index (κ2) is 12.1. The Bertz CT molecular complexity index is 463. The van der Waals surface area contributed by atoms with Gasteiger partial charge in [-0.15, -0.1) is 24.0 Å². The molecule has 3 N–H and O–H groups in total. The van der Waals surface area contributed by atoms with Crippen LogP contribution in [0.5, 0.6) is 0 Å². The number of hydrogen-bond donors (Lipinski definition) is 3. The van der Waals surface area contributed by atoms with Crippen LogP contribution in [0.15, 0.2) is 16.6 Å². The van der Waals surface area contributed by atoms with Crippen LogP contribution in [0.1, 0.15) is 39.0 Å². The number of sulfonamides is 1. The minimum absolute atomic E-state index is 0. The maximum absolute atomic E-state index is 11.3. The highest BCUT2D eigenvalue weighted by molar-refractivity contribution is 14.0. The first-order chi connectivity index (χ1) is 10.1. The van der Waals surface area contributed by atoms with Gasteiger partial charge in [-0.1, -0.05) is 11.6 Å². The van der Waals surface area contributed by atoms with Crippen LogP contribution in [-0.2, 0) is 10.0 Å². The zero-order valence-electron chi connectivity index (χ0n) is 13.5. The Hall–Kier alpha value is -0.350. The smallest absolute Gasteiger partial charge is 0.211 e. The van der Waals surface area contributed by atoms with Crippen molar-refractivity contribution in [2.24, 2.45) is 4.99 Å². The zero-order valence-corrected chi connectivity index (χ0v) is 16.7. The highest BCUT2D eigenvalue weighted by Gasteiger charge is 2.06. The molecule has 8 heteroatoms. The van der Waals surface area contributed by atoms with E-state index in [0.717, 1.165) is 13.0 Å². The van der Waals surface area contributed by atoms with E-state index in [9.17, 15) is 8.42 Å². The molecule has 0 radical (unpaired) electrons. The van der Waals surface area contributed by atoms with Gasteiger partial charge in [-0.05, 0) is 39.0 Å². The molecular weight excluding hydrogens is 415 g/mol. The van der Waals surface area contributed by atoms with Gasteiger partial charge in [-0.3, -0.25) is 4.99 Å². The molecular formula is C14H29IN4O2S. The lowest BCUT2D eigenvalue weighted by molar-refractivity contribution is 0.581. The summed E-state index contributed by atoms with van der Waals surface area (Å²) >= 11 is 0. The van der Waals surface area contributed by atoms with E-state index in [2.05, 4.69) is 26.4 Å². The molecule has 0 aromatic rings. The third kappa shape index (κ3) is 9.62. The Kier molecular flexibility index (Phi) is 11.9. The quantitative estimate of drug-likeness (QED) is 0.175. The predicted octanol–water partition coefficient (Wildman–Crippen LogP) is 1.60. The van der Waals surface area contributed by atoms with E-state index in [1.165, 1.54) is 31.3 Å². The van der Waals surface area contributed by atoms with Crippen LogP contribution >= 0.6 is 24.0 Å². The summed E-state index contributed by atoms with van der Waals surface area (Å²) in [5.41, 5.74) is 1.53. The Morgan fingerprint density at radius 2 is 1.95 bits per heavy atom. The number of guanidine groups is 1. The Labute approximate surface area is 151 Å². The molecule has 0 aliphatic heterocycles. The fourth-order valence-electron chi connectivity index (χ4n) is 2.18. The van der Waals surface area contributed by atoms with Gasteiger partial charge in [-0.25, -0.2) is 13.1 Å². The van der Waals surface area contributed by atoms with Crippen molar-refractivity contribution >= 4 is 40.0 Å². The molecule has 0 aromatic carbocycles. The molecule has 1 aliphatic rings. The summed E-state index contributed by atoms with van der Waals surface area (Å²) in [5, 5.41) is 6.35. The number of hydrogen-bond acceptors (Lipinski definition) is 3. The topological polar surface area (TPSA) is 82.6 Å². The summed E-state index contributed by atoms with van der Waals surface area (Å²) in [7, 11) is -1.40. The number of nitrogens with one attached hydrogen (secondary N) is 3. The van der Waals surface area contributed by atoms with Crippen molar-refractivity contribution in [2.75, 3.05) is 32.4 Å². The molecule has 0 atom stereocenters. The molecule has 0 spiro atoms. The number of allylic oxidation sites excluding steroid dienone is 1. The summed E-state index contributed by atoms with van der Waals surface area (Å²) in [6.45, 7) is 3.35. The van der Waals surface area contributed by atoms with Crippen LogP contribution < -0.4 is 15.4 Å². The lowest BCUT2D eigenvalue weighted by Gasteiger charge is -2.15. The fraction of sp³-hybridized carbons (Fsp3) is 0.786. The van der Waals surface area contributed by atoms with Gasteiger partial charge < -0.3 is 10.6 Å². The third-order valence-electron chi connectivity index (χ3n) is 3.47. The van der Waals surface area contributed by atoms with E-state index in [4.69, 9.17) is 0 Å². The van der Waals surface area contributed by atoms with Crippen LogP contribution in [0, 0.1) is 0 Å². The first-order valence-corrected chi connectivity index (χ1v) is 9.32. The highest BCUT2D eigenvalue weighted by Crippen LogP contribution is 2.19. The lowest BCUT2D eigenvalue weighted by atomic mass is 9.97. The summed E-state index contributed by atoms with van der Waals surface area (Å²) in [5.74, 6) is 0.817.